The zero-order valence-corrected chi connectivity index (χ0v) is 10.1. The first kappa shape index (κ1) is 14.0. The second-order valence-electron chi connectivity index (χ2n) is 3.30. The van der Waals surface area contributed by atoms with E-state index in [9.17, 15) is 18.0 Å². The molecule has 0 fully saturated rings. The van der Waals surface area contributed by atoms with Crippen LogP contribution in [0.5, 0.6) is 0 Å². The largest absolute Gasteiger partial charge is 0.390 e. The monoisotopic (exact) mass is 311 g/mol. The molecule has 0 aliphatic rings. The van der Waals surface area contributed by atoms with Crippen molar-refractivity contribution in [2.45, 2.75) is 5.92 Å². The van der Waals surface area contributed by atoms with Crippen LogP contribution in [0.25, 0.3) is 0 Å². The van der Waals surface area contributed by atoms with Gasteiger partial charge in [0, 0.05) is 0 Å². The molecule has 1 aromatic rings. The number of hydrogen-bond donors (Lipinski definition) is 2. The van der Waals surface area contributed by atoms with Crippen LogP contribution < -0.4 is 5.32 Å². The van der Waals surface area contributed by atoms with Gasteiger partial charge in [-0.25, -0.2) is 13.2 Å². The number of rotatable bonds is 4. The van der Waals surface area contributed by atoms with E-state index in [-0.39, 0.29) is 10.0 Å². The molecule has 1 aromatic carbocycles. The summed E-state index contributed by atoms with van der Waals surface area (Å²) in [4.78, 5) is 11.4. The molecular formula is C10H9BrF3NO2. The molecule has 0 heterocycles. The molecule has 2 N–H and O–H groups in total. The Kier molecular flexibility index (Phi) is 4.53. The predicted molar refractivity (Wildman–Crippen MR) is 58.5 cm³/mol. The SMILES string of the molecule is O=C(NCC(F)(F)CO)c1cccc(Br)c1F. The van der Waals surface area contributed by atoms with Gasteiger partial charge in [0.15, 0.2) is 0 Å². The average Bonchev–Trinajstić information content (AvgIpc) is 2.30. The smallest absolute Gasteiger partial charge is 0.287 e. The minimum Gasteiger partial charge on any atom is -0.390 e. The summed E-state index contributed by atoms with van der Waals surface area (Å²) in [6.07, 6.45) is 0. The first-order valence-electron chi connectivity index (χ1n) is 4.58. The Morgan fingerprint density at radius 3 is 2.71 bits per heavy atom. The Labute approximate surface area is 104 Å². The van der Waals surface area contributed by atoms with E-state index in [2.05, 4.69) is 15.9 Å². The van der Waals surface area contributed by atoms with E-state index in [0.717, 1.165) is 0 Å². The van der Waals surface area contributed by atoms with Gasteiger partial charge in [0.05, 0.1) is 16.6 Å². The van der Waals surface area contributed by atoms with Gasteiger partial charge in [0.1, 0.15) is 12.4 Å². The van der Waals surface area contributed by atoms with Crippen LogP contribution in [-0.4, -0.2) is 30.1 Å². The Morgan fingerprint density at radius 2 is 2.12 bits per heavy atom. The summed E-state index contributed by atoms with van der Waals surface area (Å²) in [6.45, 7) is -2.43. The number of nitrogens with one attached hydrogen (secondary N) is 1. The van der Waals surface area contributed by atoms with Crippen molar-refractivity contribution in [3.05, 3.63) is 34.1 Å². The zero-order valence-electron chi connectivity index (χ0n) is 8.51. The van der Waals surface area contributed by atoms with E-state index in [1.165, 1.54) is 18.2 Å². The first-order chi connectivity index (χ1) is 7.87. The fraction of sp³-hybridized carbons (Fsp3) is 0.300. The fourth-order valence-electron chi connectivity index (χ4n) is 1.04. The van der Waals surface area contributed by atoms with Gasteiger partial charge in [-0.15, -0.1) is 0 Å². The van der Waals surface area contributed by atoms with Crippen molar-refractivity contribution in [2.24, 2.45) is 0 Å². The van der Waals surface area contributed by atoms with Crippen LogP contribution in [0.2, 0.25) is 0 Å². The molecule has 0 unspecified atom stereocenters. The number of hydrogen-bond acceptors (Lipinski definition) is 2. The van der Waals surface area contributed by atoms with Gasteiger partial charge in [0.2, 0.25) is 0 Å². The van der Waals surface area contributed by atoms with Crippen molar-refractivity contribution in [3.63, 3.8) is 0 Å². The van der Waals surface area contributed by atoms with Gasteiger partial charge >= 0.3 is 0 Å². The number of carbonyl (C=O) groups is 1. The summed E-state index contributed by atoms with van der Waals surface area (Å²) in [6, 6.07) is 3.97. The quantitative estimate of drug-likeness (QED) is 0.893. The molecule has 0 aliphatic carbocycles. The molecule has 0 spiro atoms. The molecule has 0 saturated carbocycles. The minimum absolute atomic E-state index is 0.0686. The van der Waals surface area contributed by atoms with E-state index >= 15 is 0 Å². The highest BCUT2D eigenvalue weighted by atomic mass is 79.9. The van der Waals surface area contributed by atoms with Crippen LogP contribution in [-0.2, 0) is 0 Å². The molecule has 3 nitrogen and oxygen atoms in total. The van der Waals surface area contributed by atoms with Crippen molar-refractivity contribution < 1.29 is 23.1 Å². The van der Waals surface area contributed by atoms with Gasteiger partial charge in [-0.2, -0.15) is 0 Å². The van der Waals surface area contributed by atoms with Gasteiger partial charge in [-0.05, 0) is 28.1 Å². The number of benzene rings is 1. The molecule has 94 valence electrons. The lowest BCUT2D eigenvalue weighted by molar-refractivity contribution is -0.0462. The second-order valence-corrected chi connectivity index (χ2v) is 4.15. The van der Waals surface area contributed by atoms with Crippen molar-refractivity contribution in [2.75, 3.05) is 13.2 Å². The standard InChI is InChI=1S/C10H9BrF3NO2/c11-7-3-1-2-6(8(7)12)9(17)15-4-10(13,14)5-16/h1-3,16H,4-5H2,(H,15,17). The Hall–Kier alpha value is -1.08. The van der Waals surface area contributed by atoms with Crippen LogP contribution in [0.3, 0.4) is 0 Å². The van der Waals surface area contributed by atoms with Crippen molar-refractivity contribution in [1.29, 1.82) is 0 Å². The molecule has 0 bridgehead atoms. The molecule has 7 heteroatoms. The molecule has 0 aliphatic heterocycles. The van der Waals surface area contributed by atoms with Gasteiger partial charge in [-0.1, -0.05) is 6.07 Å². The molecule has 17 heavy (non-hydrogen) atoms. The molecule has 1 amide bonds. The Bertz CT molecular complexity index is 426. The normalized spacial score (nSPS) is 11.4. The number of aliphatic hydroxyl groups is 1. The highest BCUT2D eigenvalue weighted by molar-refractivity contribution is 9.10. The minimum atomic E-state index is -3.42. The predicted octanol–water partition coefficient (Wildman–Crippen LogP) is 1.95. The summed E-state index contributed by atoms with van der Waals surface area (Å²) in [7, 11) is 0. The molecule has 1 rings (SSSR count). The Balaban J connectivity index is 2.74. The lowest BCUT2D eigenvalue weighted by Crippen LogP contribution is -2.39. The number of amides is 1. The topological polar surface area (TPSA) is 49.3 Å². The summed E-state index contributed by atoms with van der Waals surface area (Å²) < 4.78 is 38.8. The summed E-state index contributed by atoms with van der Waals surface area (Å²) in [5.41, 5.74) is -0.340. The van der Waals surface area contributed by atoms with Gasteiger partial charge in [-0.3, -0.25) is 4.79 Å². The highest BCUT2D eigenvalue weighted by Crippen LogP contribution is 2.18. The summed E-state index contributed by atoms with van der Waals surface area (Å²) in [5.74, 6) is -5.20. The molecular weight excluding hydrogens is 303 g/mol. The molecule has 0 radical (unpaired) electrons. The van der Waals surface area contributed by atoms with Gasteiger partial charge in [0.25, 0.3) is 11.8 Å². The maximum absolute atomic E-state index is 13.4. The number of aliphatic hydroxyl groups excluding tert-OH is 1. The van der Waals surface area contributed by atoms with E-state index in [1.807, 2.05) is 5.32 Å². The summed E-state index contributed by atoms with van der Waals surface area (Å²) in [5, 5.41) is 10.1. The third-order valence-electron chi connectivity index (χ3n) is 1.94. The van der Waals surface area contributed by atoms with Crippen LogP contribution >= 0.6 is 15.9 Å². The lowest BCUT2D eigenvalue weighted by Gasteiger charge is -2.14. The van der Waals surface area contributed by atoms with Crippen LogP contribution in [0.4, 0.5) is 13.2 Å². The van der Waals surface area contributed by atoms with Crippen LogP contribution in [0.1, 0.15) is 10.4 Å². The number of alkyl halides is 2. The fourth-order valence-corrected chi connectivity index (χ4v) is 1.41. The van der Waals surface area contributed by atoms with Crippen molar-refractivity contribution in [3.8, 4) is 0 Å². The Morgan fingerprint density at radius 1 is 1.47 bits per heavy atom. The maximum Gasteiger partial charge on any atom is 0.287 e. The lowest BCUT2D eigenvalue weighted by atomic mass is 10.2. The third-order valence-corrected chi connectivity index (χ3v) is 2.55. The van der Waals surface area contributed by atoms with Gasteiger partial charge < -0.3 is 10.4 Å². The first-order valence-corrected chi connectivity index (χ1v) is 5.37. The number of carbonyl (C=O) groups excluding carboxylic acids is 1. The number of halogens is 4. The van der Waals surface area contributed by atoms with Crippen LogP contribution in [0, 0.1) is 5.82 Å². The zero-order chi connectivity index (χ0) is 13.1. The molecule has 0 saturated heterocycles. The van der Waals surface area contributed by atoms with E-state index in [4.69, 9.17) is 5.11 Å². The van der Waals surface area contributed by atoms with Crippen molar-refractivity contribution in [1.82, 2.24) is 5.32 Å². The van der Waals surface area contributed by atoms with Crippen molar-refractivity contribution >= 4 is 21.8 Å². The van der Waals surface area contributed by atoms with Crippen LogP contribution in [0.15, 0.2) is 22.7 Å². The maximum atomic E-state index is 13.4. The summed E-state index contributed by atoms with van der Waals surface area (Å²) >= 11 is 2.88. The highest BCUT2D eigenvalue weighted by Gasteiger charge is 2.28. The molecule has 0 aromatic heterocycles. The van der Waals surface area contributed by atoms with E-state index < -0.39 is 30.8 Å². The molecule has 0 atom stereocenters. The average molecular weight is 312 g/mol. The third kappa shape index (κ3) is 3.71. The van der Waals surface area contributed by atoms with E-state index in [0.29, 0.717) is 0 Å². The second kappa shape index (κ2) is 5.50. The van der Waals surface area contributed by atoms with E-state index in [1.54, 1.807) is 0 Å².